The molecule has 1 N–H and O–H groups in total. The van der Waals surface area contributed by atoms with Gasteiger partial charge in [-0.25, -0.2) is 4.98 Å². The number of carbonyl (C=O) groups is 2. The van der Waals surface area contributed by atoms with Gasteiger partial charge in [0.05, 0.1) is 5.56 Å². The summed E-state index contributed by atoms with van der Waals surface area (Å²) in [6.07, 6.45) is 4.00. The summed E-state index contributed by atoms with van der Waals surface area (Å²) in [6.45, 7) is 3.93. The number of amides is 2. The highest BCUT2D eigenvalue weighted by Gasteiger charge is 2.34. The second-order valence-electron chi connectivity index (χ2n) is 9.44. The van der Waals surface area contributed by atoms with Crippen LogP contribution in [-0.4, -0.2) is 72.5 Å². The van der Waals surface area contributed by atoms with E-state index >= 15 is 0 Å². The highest BCUT2D eigenvalue weighted by molar-refractivity contribution is 6.32. The highest BCUT2D eigenvalue weighted by atomic mass is 35.5. The molecule has 1 aliphatic heterocycles. The molecule has 2 heterocycles. The number of halogens is 1. The molecule has 0 unspecified atom stereocenters. The van der Waals surface area contributed by atoms with Gasteiger partial charge in [-0.2, -0.15) is 0 Å². The summed E-state index contributed by atoms with van der Waals surface area (Å²) in [7, 11) is 5.13. The van der Waals surface area contributed by atoms with Crippen molar-refractivity contribution in [3.05, 3.63) is 58.7 Å². The number of anilines is 1. The van der Waals surface area contributed by atoms with Crippen LogP contribution in [0.3, 0.4) is 0 Å². The number of rotatable bonds is 8. The van der Waals surface area contributed by atoms with Crippen molar-refractivity contribution in [1.29, 1.82) is 0 Å². The van der Waals surface area contributed by atoms with Gasteiger partial charge in [-0.15, -0.1) is 0 Å². The minimum atomic E-state index is -1.53. The molecule has 0 radical (unpaired) electrons. The highest BCUT2D eigenvalue weighted by Crippen LogP contribution is 2.28. The van der Waals surface area contributed by atoms with E-state index in [0.29, 0.717) is 23.6 Å². The third-order valence-electron chi connectivity index (χ3n) is 6.61. The number of carbonyl (C=O) groups excluding carboxylic acids is 2. The number of nitrogens with zero attached hydrogens (tertiary/aromatic N) is 4. The minimum Gasteiger partial charge on any atom is -0.376 e. The Balaban J connectivity index is 1.45. The van der Waals surface area contributed by atoms with Crippen molar-refractivity contribution in [1.82, 2.24) is 14.8 Å². The Hall–Kier alpha value is -2.64. The number of benzene rings is 1. The molecule has 2 amide bonds. The number of hydrogen-bond donors (Lipinski definition) is 1. The van der Waals surface area contributed by atoms with Crippen LogP contribution in [0, 0.1) is 5.92 Å². The van der Waals surface area contributed by atoms with E-state index in [1.807, 2.05) is 24.3 Å². The first kappa shape index (κ1) is 26.0. The molecule has 184 valence electrons. The van der Waals surface area contributed by atoms with Crippen molar-refractivity contribution in [2.75, 3.05) is 45.7 Å². The maximum atomic E-state index is 12.8. The van der Waals surface area contributed by atoms with Crippen LogP contribution in [0.2, 0.25) is 5.15 Å². The maximum Gasteiger partial charge on any atom is 0.258 e. The summed E-state index contributed by atoms with van der Waals surface area (Å²) in [5, 5.41) is 11.0. The van der Waals surface area contributed by atoms with Gasteiger partial charge in [0.25, 0.3) is 11.8 Å². The normalized spacial score (nSPS) is 16.1. The Labute approximate surface area is 207 Å². The Morgan fingerprint density at radius 1 is 1.12 bits per heavy atom. The molecule has 2 aromatic rings. The van der Waals surface area contributed by atoms with Crippen molar-refractivity contribution in [3.63, 3.8) is 0 Å². The predicted octanol–water partition coefficient (Wildman–Crippen LogP) is 3.80. The summed E-state index contributed by atoms with van der Waals surface area (Å²) >= 11 is 6.28. The molecular formula is C26H35ClN4O3. The molecule has 8 heteroatoms. The topological polar surface area (TPSA) is 77.0 Å². The third-order valence-corrected chi connectivity index (χ3v) is 6.90. The molecule has 0 bridgehead atoms. The first-order valence-corrected chi connectivity index (χ1v) is 12.2. The minimum absolute atomic E-state index is 0.156. The van der Waals surface area contributed by atoms with Crippen LogP contribution in [0.15, 0.2) is 42.5 Å². The first-order valence-electron chi connectivity index (χ1n) is 11.8. The van der Waals surface area contributed by atoms with Crippen molar-refractivity contribution in [3.8, 4) is 0 Å². The Morgan fingerprint density at radius 3 is 2.35 bits per heavy atom. The van der Waals surface area contributed by atoms with Gasteiger partial charge in [0, 0.05) is 40.8 Å². The van der Waals surface area contributed by atoms with Crippen molar-refractivity contribution < 1.29 is 14.7 Å². The Kier molecular flexibility index (Phi) is 8.55. The lowest BCUT2D eigenvalue weighted by Crippen LogP contribution is -2.43. The zero-order valence-electron chi connectivity index (χ0n) is 20.5. The smallest absolute Gasteiger partial charge is 0.258 e. The maximum absolute atomic E-state index is 12.8. The summed E-state index contributed by atoms with van der Waals surface area (Å²) in [4.78, 5) is 34.7. The zero-order chi connectivity index (χ0) is 24.9. The van der Waals surface area contributed by atoms with Gasteiger partial charge in [0.15, 0.2) is 5.60 Å². The molecule has 0 saturated carbocycles. The third kappa shape index (κ3) is 6.07. The van der Waals surface area contributed by atoms with Crippen molar-refractivity contribution >= 4 is 29.2 Å². The van der Waals surface area contributed by atoms with Crippen LogP contribution in [0.5, 0.6) is 0 Å². The summed E-state index contributed by atoms with van der Waals surface area (Å²) in [5.74, 6) is 0.941. The lowest BCUT2D eigenvalue weighted by Gasteiger charge is -2.33. The summed E-state index contributed by atoms with van der Waals surface area (Å²) in [6, 6.07) is 12.7. The number of aromatic nitrogens is 1. The number of hydrogen-bond acceptors (Lipinski definition) is 5. The first-order chi connectivity index (χ1) is 16.1. The molecule has 7 nitrogen and oxygen atoms in total. The van der Waals surface area contributed by atoms with Gasteiger partial charge < -0.3 is 19.8 Å². The fraction of sp³-hybridized carbons (Fsp3) is 0.500. The Morgan fingerprint density at radius 2 is 1.76 bits per heavy atom. The molecule has 1 atom stereocenters. The summed E-state index contributed by atoms with van der Waals surface area (Å²) in [5.41, 5.74) is -0.509. The molecule has 1 saturated heterocycles. The second-order valence-corrected chi connectivity index (χ2v) is 9.80. The number of aliphatic hydroxyl groups is 1. The number of piperidine rings is 1. The van der Waals surface area contributed by atoms with Crippen molar-refractivity contribution in [2.45, 2.75) is 38.2 Å². The molecule has 1 aliphatic rings. The van der Waals surface area contributed by atoms with Crippen molar-refractivity contribution in [2.24, 2.45) is 5.92 Å². The van der Waals surface area contributed by atoms with Gasteiger partial charge in [-0.1, -0.05) is 41.9 Å². The quantitative estimate of drug-likeness (QED) is 0.574. The standard InChI is InChI=1S/C26H35ClN4O3/c1-26(34,20-10-6-5-7-11-20)25(33)30(4)16-8-9-19-14-17-31(18-15-19)22-13-12-21(23(27)28-22)24(32)29(2)3/h5-7,10-13,19,34H,8-9,14-18H2,1-4H3/t26-/m1/s1. The molecule has 1 fully saturated rings. The Bertz CT molecular complexity index is 989. The second kappa shape index (κ2) is 11.2. The van der Waals surface area contributed by atoms with E-state index < -0.39 is 5.60 Å². The summed E-state index contributed by atoms with van der Waals surface area (Å²) < 4.78 is 0. The van der Waals surface area contributed by atoms with Gasteiger partial charge in [-0.05, 0) is 56.2 Å². The van der Waals surface area contributed by atoms with Gasteiger partial charge in [0.2, 0.25) is 0 Å². The molecular weight excluding hydrogens is 452 g/mol. The number of likely N-dealkylation sites (N-methyl/N-ethyl adjacent to an activating group) is 1. The van der Waals surface area contributed by atoms with E-state index in [1.54, 1.807) is 51.2 Å². The molecule has 1 aromatic carbocycles. The van der Waals surface area contributed by atoms with Gasteiger partial charge in [-0.3, -0.25) is 9.59 Å². The average molecular weight is 487 g/mol. The molecule has 3 rings (SSSR count). The lowest BCUT2D eigenvalue weighted by molar-refractivity contribution is -0.149. The molecule has 0 aliphatic carbocycles. The monoisotopic (exact) mass is 486 g/mol. The van der Waals surface area contributed by atoms with Crippen LogP contribution >= 0.6 is 11.6 Å². The van der Waals surface area contributed by atoms with Crippen LogP contribution in [0.1, 0.15) is 48.5 Å². The van der Waals surface area contributed by atoms with E-state index in [-0.39, 0.29) is 17.0 Å². The van der Waals surface area contributed by atoms with E-state index in [1.165, 1.54) is 4.90 Å². The molecule has 0 spiro atoms. The van der Waals surface area contributed by atoms with E-state index in [4.69, 9.17) is 11.6 Å². The van der Waals surface area contributed by atoms with Crippen LogP contribution < -0.4 is 4.90 Å². The van der Waals surface area contributed by atoms with Gasteiger partial charge in [0.1, 0.15) is 11.0 Å². The largest absolute Gasteiger partial charge is 0.376 e. The molecule has 34 heavy (non-hydrogen) atoms. The van der Waals surface area contributed by atoms with Crippen LogP contribution in [0.4, 0.5) is 5.82 Å². The fourth-order valence-electron chi connectivity index (χ4n) is 4.43. The average Bonchev–Trinajstić information content (AvgIpc) is 2.83. The van der Waals surface area contributed by atoms with E-state index in [9.17, 15) is 14.7 Å². The van der Waals surface area contributed by atoms with Crippen LogP contribution in [0.25, 0.3) is 0 Å². The zero-order valence-corrected chi connectivity index (χ0v) is 21.3. The van der Waals surface area contributed by atoms with Gasteiger partial charge >= 0.3 is 0 Å². The van der Waals surface area contributed by atoms with Crippen LogP contribution in [-0.2, 0) is 10.4 Å². The lowest BCUT2D eigenvalue weighted by atomic mass is 9.91. The van der Waals surface area contributed by atoms with E-state index in [0.717, 1.165) is 44.6 Å². The molecule has 1 aromatic heterocycles. The van der Waals surface area contributed by atoms with E-state index in [2.05, 4.69) is 9.88 Å². The SMILES string of the molecule is CN(C)C(=O)c1ccc(N2CCC(CCCN(C)C(=O)[C@](C)(O)c3ccccc3)CC2)nc1Cl. The fourth-order valence-corrected chi connectivity index (χ4v) is 4.66. The number of pyridine rings is 1. The predicted molar refractivity (Wildman–Crippen MR) is 135 cm³/mol.